The van der Waals surface area contributed by atoms with E-state index in [-0.39, 0.29) is 28.0 Å². The van der Waals surface area contributed by atoms with Crippen molar-refractivity contribution in [3.63, 3.8) is 0 Å². The lowest BCUT2D eigenvalue weighted by Gasteiger charge is -2.04. The second-order valence-electron chi connectivity index (χ2n) is 3.39. The lowest BCUT2D eigenvalue weighted by molar-refractivity contribution is -0.385. The first-order chi connectivity index (χ1) is 9.10. The van der Waals surface area contributed by atoms with E-state index >= 15 is 0 Å². The summed E-state index contributed by atoms with van der Waals surface area (Å²) in [6, 6.07) is 3.77. The highest BCUT2D eigenvalue weighted by atomic mass is 35.5. The van der Waals surface area contributed by atoms with Crippen LogP contribution in [0.15, 0.2) is 30.6 Å². The largest absolute Gasteiger partial charge is 0.417 e. The molecular weight excluding hydrogens is 274 g/mol. The molecule has 0 aliphatic heterocycles. The van der Waals surface area contributed by atoms with Gasteiger partial charge in [-0.15, -0.1) is 0 Å². The molecule has 1 aromatic carbocycles. The molecule has 0 fully saturated rings. The monoisotopic (exact) mass is 279 g/mol. The van der Waals surface area contributed by atoms with Gasteiger partial charge in [0.05, 0.1) is 10.5 Å². The molecule has 0 bridgehead atoms. The maximum Gasteiger partial charge on any atom is 0.322 e. The van der Waals surface area contributed by atoms with Crippen molar-refractivity contribution in [3.05, 3.63) is 51.3 Å². The number of ether oxygens (including phenoxy) is 1. The molecule has 1 aromatic heterocycles. The van der Waals surface area contributed by atoms with E-state index in [4.69, 9.17) is 16.3 Å². The van der Waals surface area contributed by atoms with Gasteiger partial charge in [-0.25, -0.2) is 9.97 Å². The molecule has 0 aliphatic rings. The minimum absolute atomic E-state index is 0.0728. The van der Waals surface area contributed by atoms with Crippen molar-refractivity contribution in [2.24, 2.45) is 0 Å². The quantitative estimate of drug-likeness (QED) is 0.485. The molecule has 0 radical (unpaired) electrons. The van der Waals surface area contributed by atoms with Crippen LogP contribution in [0.2, 0.25) is 5.02 Å². The van der Waals surface area contributed by atoms with Crippen LogP contribution in [0.5, 0.6) is 11.8 Å². The molecule has 0 N–H and O–H groups in total. The predicted molar refractivity (Wildman–Crippen MR) is 65.6 cm³/mol. The Kier molecular flexibility index (Phi) is 3.67. The van der Waals surface area contributed by atoms with Gasteiger partial charge in [0.25, 0.3) is 0 Å². The number of benzene rings is 1. The number of hydrogen-bond donors (Lipinski definition) is 0. The summed E-state index contributed by atoms with van der Waals surface area (Å²) < 4.78 is 5.19. The van der Waals surface area contributed by atoms with Gasteiger partial charge in [-0.3, -0.25) is 14.9 Å². The molecule has 0 saturated carbocycles. The summed E-state index contributed by atoms with van der Waals surface area (Å²) in [6.45, 7) is 0. The molecule has 1 heterocycles. The van der Waals surface area contributed by atoms with Gasteiger partial charge >= 0.3 is 11.7 Å². The first-order valence-electron chi connectivity index (χ1n) is 4.99. The smallest absolute Gasteiger partial charge is 0.322 e. The van der Waals surface area contributed by atoms with Crippen molar-refractivity contribution in [2.45, 2.75) is 0 Å². The summed E-state index contributed by atoms with van der Waals surface area (Å²) >= 11 is 5.75. The molecule has 19 heavy (non-hydrogen) atoms. The highest BCUT2D eigenvalue weighted by molar-refractivity contribution is 6.30. The van der Waals surface area contributed by atoms with E-state index < -0.39 is 4.92 Å². The summed E-state index contributed by atoms with van der Waals surface area (Å²) in [4.78, 5) is 28.1. The van der Waals surface area contributed by atoms with E-state index in [1.807, 2.05) is 0 Å². The highest BCUT2D eigenvalue weighted by Crippen LogP contribution is 2.32. The Morgan fingerprint density at radius 2 is 2.00 bits per heavy atom. The molecule has 0 unspecified atom stereocenters. The van der Waals surface area contributed by atoms with Gasteiger partial charge in [0, 0.05) is 29.5 Å². The minimum atomic E-state index is -0.606. The van der Waals surface area contributed by atoms with Crippen LogP contribution in [0.3, 0.4) is 0 Å². The fourth-order valence-electron chi connectivity index (χ4n) is 1.26. The van der Waals surface area contributed by atoms with Crippen LogP contribution < -0.4 is 4.74 Å². The maximum atomic E-state index is 10.8. The third-order valence-corrected chi connectivity index (χ3v) is 2.34. The fourth-order valence-corrected chi connectivity index (χ4v) is 1.42. The molecular formula is C11H6ClN3O4. The molecule has 96 valence electrons. The number of halogens is 1. The van der Waals surface area contributed by atoms with Crippen LogP contribution in [-0.2, 0) is 0 Å². The highest BCUT2D eigenvalue weighted by Gasteiger charge is 2.17. The standard InChI is InChI=1S/C11H6ClN3O4/c12-8-1-2-9(15(17)18)10(3-8)19-11-13-4-7(6-16)5-14-11/h1-6H. The number of hydrogen-bond acceptors (Lipinski definition) is 6. The lowest BCUT2D eigenvalue weighted by Crippen LogP contribution is -1.97. The second kappa shape index (κ2) is 5.40. The number of rotatable bonds is 4. The third kappa shape index (κ3) is 3.02. The average Bonchev–Trinajstić information content (AvgIpc) is 2.39. The Hall–Kier alpha value is -2.54. The SMILES string of the molecule is O=Cc1cnc(Oc2cc(Cl)ccc2[N+](=O)[O-])nc1. The zero-order chi connectivity index (χ0) is 13.8. The van der Waals surface area contributed by atoms with Crippen molar-refractivity contribution in [1.29, 1.82) is 0 Å². The Labute approximate surface area is 112 Å². The Bertz CT molecular complexity index is 630. The normalized spacial score (nSPS) is 9.95. The van der Waals surface area contributed by atoms with E-state index in [0.29, 0.717) is 6.29 Å². The number of nitrogens with zero attached hydrogens (tertiary/aromatic N) is 3. The summed E-state index contributed by atoms with van der Waals surface area (Å²) in [6.07, 6.45) is 3.06. The Morgan fingerprint density at radius 3 is 2.58 bits per heavy atom. The van der Waals surface area contributed by atoms with Gasteiger partial charge in [-0.05, 0) is 6.07 Å². The van der Waals surface area contributed by atoms with Crippen LogP contribution >= 0.6 is 11.6 Å². The molecule has 0 amide bonds. The van der Waals surface area contributed by atoms with Gasteiger partial charge < -0.3 is 4.74 Å². The van der Waals surface area contributed by atoms with Crippen LogP contribution in [0.4, 0.5) is 5.69 Å². The van der Waals surface area contributed by atoms with Crippen molar-refractivity contribution < 1.29 is 14.5 Å². The zero-order valence-corrected chi connectivity index (χ0v) is 10.1. The first-order valence-corrected chi connectivity index (χ1v) is 5.37. The van der Waals surface area contributed by atoms with Crippen LogP contribution in [-0.4, -0.2) is 21.2 Å². The molecule has 7 nitrogen and oxygen atoms in total. The van der Waals surface area contributed by atoms with Crippen molar-refractivity contribution in [3.8, 4) is 11.8 Å². The molecule has 8 heteroatoms. The Balaban J connectivity index is 2.33. The molecule has 2 rings (SSSR count). The van der Waals surface area contributed by atoms with E-state index in [1.165, 1.54) is 30.6 Å². The van der Waals surface area contributed by atoms with Gasteiger partial charge in [-0.1, -0.05) is 11.6 Å². The third-order valence-electron chi connectivity index (χ3n) is 2.10. The molecule has 0 aliphatic carbocycles. The lowest BCUT2D eigenvalue weighted by atomic mass is 10.3. The maximum absolute atomic E-state index is 10.8. The summed E-state index contributed by atoms with van der Waals surface area (Å²) in [5.41, 5.74) is 0.0143. The van der Waals surface area contributed by atoms with E-state index in [9.17, 15) is 14.9 Å². The summed E-state index contributed by atoms with van der Waals surface area (Å²) in [7, 11) is 0. The van der Waals surface area contributed by atoms with E-state index in [2.05, 4.69) is 9.97 Å². The van der Waals surface area contributed by atoms with Crippen molar-refractivity contribution in [2.75, 3.05) is 0 Å². The van der Waals surface area contributed by atoms with E-state index in [0.717, 1.165) is 0 Å². The minimum Gasteiger partial charge on any atom is -0.417 e. The average molecular weight is 280 g/mol. The number of aromatic nitrogens is 2. The van der Waals surface area contributed by atoms with E-state index in [1.54, 1.807) is 0 Å². The van der Waals surface area contributed by atoms with Crippen LogP contribution in [0.25, 0.3) is 0 Å². The van der Waals surface area contributed by atoms with Gasteiger partial charge in [-0.2, -0.15) is 0 Å². The number of carbonyl (C=O) groups excluding carboxylic acids is 1. The molecule has 0 saturated heterocycles. The number of nitro benzene ring substituents is 1. The second-order valence-corrected chi connectivity index (χ2v) is 3.82. The van der Waals surface area contributed by atoms with Gasteiger partial charge in [0.1, 0.15) is 0 Å². The molecule has 2 aromatic rings. The predicted octanol–water partition coefficient (Wildman–Crippen LogP) is 2.64. The summed E-state index contributed by atoms with van der Waals surface area (Å²) in [5, 5.41) is 11.1. The number of aldehydes is 1. The summed E-state index contributed by atoms with van der Waals surface area (Å²) in [5.74, 6) is -0.0728. The zero-order valence-electron chi connectivity index (χ0n) is 9.32. The van der Waals surface area contributed by atoms with Crippen LogP contribution in [0.1, 0.15) is 10.4 Å². The number of carbonyl (C=O) groups is 1. The van der Waals surface area contributed by atoms with Gasteiger partial charge in [0.2, 0.25) is 5.75 Å². The fraction of sp³-hybridized carbons (Fsp3) is 0. The topological polar surface area (TPSA) is 95.2 Å². The molecule has 0 atom stereocenters. The van der Waals surface area contributed by atoms with Crippen LogP contribution in [0, 0.1) is 10.1 Å². The number of nitro groups is 1. The molecule has 0 spiro atoms. The Morgan fingerprint density at radius 1 is 1.32 bits per heavy atom. The van der Waals surface area contributed by atoms with Crippen molar-refractivity contribution >= 4 is 23.6 Å². The first kappa shape index (κ1) is 12.9. The van der Waals surface area contributed by atoms with Gasteiger partial charge in [0.15, 0.2) is 6.29 Å². The van der Waals surface area contributed by atoms with Crippen molar-refractivity contribution in [1.82, 2.24) is 9.97 Å².